The summed E-state index contributed by atoms with van der Waals surface area (Å²) >= 11 is 0. The van der Waals surface area contributed by atoms with Crippen LogP contribution in [0.2, 0.25) is 0 Å². The largest absolute Gasteiger partial charge is 0.497 e. The first-order chi connectivity index (χ1) is 9.10. The molecule has 0 aliphatic carbocycles. The van der Waals surface area contributed by atoms with E-state index in [1.54, 1.807) is 13.2 Å². The Morgan fingerprint density at radius 2 is 1.95 bits per heavy atom. The molecule has 1 N–H and O–H groups in total. The van der Waals surface area contributed by atoms with Crippen molar-refractivity contribution in [1.82, 2.24) is 4.98 Å². The van der Waals surface area contributed by atoms with Crippen molar-refractivity contribution in [3.8, 4) is 11.6 Å². The second-order valence-corrected chi connectivity index (χ2v) is 3.89. The predicted octanol–water partition coefficient (Wildman–Crippen LogP) is 2.23. The molecule has 0 aliphatic heterocycles. The van der Waals surface area contributed by atoms with Crippen LogP contribution >= 0.6 is 0 Å². The van der Waals surface area contributed by atoms with E-state index >= 15 is 0 Å². The Hall–Kier alpha value is -2.56. The zero-order chi connectivity index (χ0) is 13.8. The van der Waals surface area contributed by atoms with Gasteiger partial charge in [0.25, 0.3) is 0 Å². The molecule has 0 fully saturated rings. The van der Waals surface area contributed by atoms with Crippen molar-refractivity contribution in [2.24, 2.45) is 0 Å². The highest BCUT2D eigenvalue weighted by atomic mass is 16.5. The van der Waals surface area contributed by atoms with Gasteiger partial charge >= 0.3 is 5.63 Å². The summed E-state index contributed by atoms with van der Waals surface area (Å²) in [6.45, 7) is 1.45. The van der Waals surface area contributed by atoms with Gasteiger partial charge in [-0.05, 0) is 30.7 Å². The fraction of sp³-hybridized carbons (Fsp3) is 0.143. The highest BCUT2D eigenvalue weighted by molar-refractivity contribution is 5.66. The molecule has 0 aliphatic rings. The molecule has 0 saturated heterocycles. The molecule has 1 aromatic carbocycles. The number of hydrogen-bond acceptors (Lipinski definition) is 5. The third-order valence-electron chi connectivity index (χ3n) is 2.59. The molecule has 0 atom stereocenters. The number of hydrogen-bond donors (Lipinski definition) is 1. The Morgan fingerprint density at radius 1 is 1.26 bits per heavy atom. The lowest BCUT2D eigenvalue weighted by molar-refractivity contribution is 0.402. The molecule has 1 aromatic heterocycles. The van der Waals surface area contributed by atoms with Crippen molar-refractivity contribution in [3.63, 3.8) is 0 Å². The number of nitrogens with zero attached hydrogens (tertiary/aromatic N) is 1. The summed E-state index contributed by atoms with van der Waals surface area (Å²) in [5, 5.41) is 9.42. The van der Waals surface area contributed by atoms with Crippen molar-refractivity contribution < 1.29 is 14.3 Å². The van der Waals surface area contributed by atoms with E-state index in [4.69, 9.17) is 9.15 Å². The van der Waals surface area contributed by atoms with Crippen LogP contribution in [0, 0.1) is 6.92 Å². The Labute approximate surface area is 109 Å². The van der Waals surface area contributed by atoms with Crippen LogP contribution in [0.25, 0.3) is 12.2 Å². The van der Waals surface area contributed by atoms with E-state index in [9.17, 15) is 9.90 Å². The molecule has 0 saturated carbocycles. The fourth-order valence-electron chi connectivity index (χ4n) is 1.43. The topological polar surface area (TPSA) is 72.6 Å². The monoisotopic (exact) mass is 259 g/mol. The molecule has 2 aromatic rings. The van der Waals surface area contributed by atoms with Gasteiger partial charge in [-0.3, -0.25) is 0 Å². The van der Waals surface area contributed by atoms with Crippen LogP contribution in [0.4, 0.5) is 0 Å². The average Bonchev–Trinajstić information content (AvgIpc) is 2.43. The van der Waals surface area contributed by atoms with Crippen molar-refractivity contribution >= 4 is 12.2 Å². The first-order valence-corrected chi connectivity index (χ1v) is 5.63. The van der Waals surface area contributed by atoms with Gasteiger partial charge in [-0.15, -0.1) is 0 Å². The maximum absolute atomic E-state index is 11.3. The lowest BCUT2D eigenvalue weighted by Crippen LogP contribution is -2.05. The maximum Gasteiger partial charge on any atom is 0.345 e. The minimum absolute atomic E-state index is 0.0592. The fourth-order valence-corrected chi connectivity index (χ4v) is 1.43. The standard InChI is InChI=1S/C14H13NO4/c1-9-13(16)15-12(19-14(9)17)8-5-10-3-6-11(18-2)7-4-10/h3-8,16H,1-2H3. The average molecular weight is 259 g/mol. The van der Waals surface area contributed by atoms with Gasteiger partial charge in [0.15, 0.2) is 0 Å². The van der Waals surface area contributed by atoms with Gasteiger partial charge < -0.3 is 14.3 Å². The maximum atomic E-state index is 11.3. The quantitative estimate of drug-likeness (QED) is 0.915. The summed E-state index contributed by atoms with van der Waals surface area (Å²) in [6, 6.07) is 7.33. The normalized spacial score (nSPS) is 10.8. The van der Waals surface area contributed by atoms with Crippen LogP contribution in [-0.4, -0.2) is 17.2 Å². The van der Waals surface area contributed by atoms with E-state index < -0.39 is 5.63 Å². The molecule has 19 heavy (non-hydrogen) atoms. The number of methoxy groups -OCH3 is 1. The van der Waals surface area contributed by atoms with Gasteiger partial charge in [0.1, 0.15) is 5.75 Å². The van der Waals surface area contributed by atoms with Crippen LogP contribution in [0.3, 0.4) is 0 Å². The Kier molecular flexibility index (Phi) is 3.66. The Morgan fingerprint density at radius 3 is 2.53 bits per heavy atom. The molecule has 5 heteroatoms. The van der Waals surface area contributed by atoms with E-state index in [-0.39, 0.29) is 17.3 Å². The lowest BCUT2D eigenvalue weighted by atomic mass is 10.2. The molecule has 0 radical (unpaired) electrons. The lowest BCUT2D eigenvalue weighted by Gasteiger charge is -1.99. The predicted molar refractivity (Wildman–Crippen MR) is 71.1 cm³/mol. The molecule has 0 unspecified atom stereocenters. The first kappa shape index (κ1) is 12.9. The van der Waals surface area contributed by atoms with E-state index in [0.29, 0.717) is 0 Å². The number of ether oxygens (including phenoxy) is 1. The molecule has 0 spiro atoms. The third kappa shape index (κ3) is 3.01. The summed E-state index contributed by atoms with van der Waals surface area (Å²) in [5.74, 6) is 0.504. The number of aromatic nitrogens is 1. The van der Waals surface area contributed by atoms with E-state index in [1.165, 1.54) is 13.0 Å². The first-order valence-electron chi connectivity index (χ1n) is 5.63. The second-order valence-electron chi connectivity index (χ2n) is 3.89. The number of aromatic hydroxyl groups is 1. The minimum Gasteiger partial charge on any atom is -0.497 e. The molecule has 0 bridgehead atoms. The van der Waals surface area contributed by atoms with Crippen molar-refractivity contribution in [2.75, 3.05) is 7.11 Å². The van der Waals surface area contributed by atoms with Crippen LogP contribution in [0.15, 0.2) is 33.5 Å². The zero-order valence-electron chi connectivity index (χ0n) is 10.6. The van der Waals surface area contributed by atoms with E-state index in [2.05, 4.69) is 4.98 Å². The Bertz CT molecular complexity index is 656. The van der Waals surface area contributed by atoms with Gasteiger partial charge in [0.05, 0.1) is 12.7 Å². The SMILES string of the molecule is COc1ccc(C=Cc2nc(O)c(C)c(=O)o2)cc1. The van der Waals surface area contributed by atoms with Crippen molar-refractivity contribution in [3.05, 3.63) is 51.7 Å². The van der Waals surface area contributed by atoms with E-state index in [0.717, 1.165) is 11.3 Å². The van der Waals surface area contributed by atoms with Crippen molar-refractivity contribution in [1.29, 1.82) is 0 Å². The van der Waals surface area contributed by atoms with Crippen LogP contribution in [-0.2, 0) is 0 Å². The second kappa shape index (κ2) is 5.39. The van der Waals surface area contributed by atoms with Crippen LogP contribution in [0.5, 0.6) is 11.6 Å². The van der Waals surface area contributed by atoms with Crippen molar-refractivity contribution in [2.45, 2.75) is 6.92 Å². The third-order valence-corrected chi connectivity index (χ3v) is 2.59. The van der Waals surface area contributed by atoms with Gasteiger partial charge in [-0.1, -0.05) is 12.1 Å². The number of benzene rings is 1. The van der Waals surface area contributed by atoms with Crippen LogP contribution < -0.4 is 10.4 Å². The Balaban J connectivity index is 2.24. The van der Waals surface area contributed by atoms with Gasteiger partial charge in [0.2, 0.25) is 11.8 Å². The highest BCUT2D eigenvalue weighted by Gasteiger charge is 2.05. The molecule has 0 amide bonds. The molecule has 5 nitrogen and oxygen atoms in total. The smallest absolute Gasteiger partial charge is 0.345 e. The molecule has 98 valence electrons. The zero-order valence-corrected chi connectivity index (χ0v) is 10.6. The highest BCUT2D eigenvalue weighted by Crippen LogP contribution is 2.14. The van der Waals surface area contributed by atoms with Crippen LogP contribution in [0.1, 0.15) is 17.0 Å². The summed E-state index contributed by atoms with van der Waals surface area (Å²) in [4.78, 5) is 15.1. The van der Waals surface area contributed by atoms with Gasteiger partial charge in [-0.25, -0.2) is 4.79 Å². The molecular formula is C14H13NO4. The summed E-state index contributed by atoms with van der Waals surface area (Å²) in [6.07, 6.45) is 3.24. The summed E-state index contributed by atoms with van der Waals surface area (Å²) in [5.41, 5.74) is 0.397. The molecular weight excluding hydrogens is 246 g/mol. The molecule has 1 heterocycles. The van der Waals surface area contributed by atoms with Gasteiger partial charge in [0, 0.05) is 6.08 Å². The molecule has 2 rings (SSSR count). The number of rotatable bonds is 3. The van der Waals surface area contributed by atoms with Gasteiger partial charge in [-0.2, -0.15) is 4.98 Å². The summed E-state index contributed by atoms with van der Waals surface area (Å²) in [7, 11) is 1.60. The minimum atomic E-state index is -0.595. The summed E-state index contributed by atoms with van der Waals surface area (Å²) < 4.78 is 9.96. The van der Waals surface area contributed by atoms with E-state index in [1.807, 2.05) is 24.3 Å².